The molecule has 0 unspecified atom stereocenters. The van der Waals surface area contributed by atoms with Gasteiger partial charge in [-0.2, -0.15) is 34.1 Å². The molecule has 0 bridgehead atoms. The number of halogens is 8. The van der Waals surface area contributed by atoms with Gasteiger partial charge in [-0.25, -0.2) is 26.3 Å². The van der Waals surface area contributed by atoms with E-state index in [4.69, 9.17) is 23.2 Å². The third-order valence-electron chi connectivity index (χ3n) is 14.1. The maximum atomic E-state index is 14.3. The minimum atomic E-state index is -3.68. The lowest BCUT2D eigenvalue weighted by Gasteiger charge is -2.38. The highest BCUT2D eigenvalue weighted by Gasteiger charge is 2.51. The van der Waals surface area contributed by atoms with Crippen LogP contribution in [0.15, 0.2) is 97.1 Å². The summed E-state index contributed by atoms with van der Waals surface area (Å²) in [6.45, 7) is 1.70. The first-order valence-corrected chi connectivity index (χ1v) is 28.0. The minimum absolute atomic E-state index is 0.0567. The van der Waals surface area contributed by atoms with Gasteiger partial charge in [0.1, 0.15) is 23.7 Å². The number of benzene rings is 4. The number of nitrogens with one attached hydrogen (secondary N) is 2. The molecule has 0 aromatic heterocycles. The molecule has 16 nitrogen and oxygen atoms in total. The Kier molecular flexibility index (Phi) is 15.9. The molecule has 4 aromatic carbocycles. The van der Waals surface area contributed by atoms with E-state index in [0.717, 1.165) is 21.9 Å². The molecule has 2 saturated carbocycles. The normalized spacial score (nSPS) is 22.5. The van der Waals surface area contributed by atoms with Gasteiger partial charge in [0, 0.05) is 123 Å². The van der Waals surface area contributed by atoms with Crippen LogP contribution in [0, 0.1) is 23.5 Å². The zero-order valence-electron chi connectivity index (χ0n) is 40.4. The Hall–Kier alpha value is -5.34. The Balaban J connectivity index is 0.000000186. The van der Waals surface area contributed by atoms with Crippen molar-refractivity contribution < 1.29 is 62.4 Å². The Morgan fingerprint density at radius 2 is 0.882 bits per heavy atom. The molecule has 4 aliphatic heterocycles. The Morgan fingerprint density at radius 3 is 1.20 bits per heavy atom. The van der Waals surface area contributed by atoms with E-state index in [1.807, 2.05) is 0 Å². The van der Waals surface area contributed by atoms with Crippen molar-refractivity contribution in [2.45, 2.75) is 74.5 Å². The van der Waals surface area contributed by atoms with Crippen molar-refractivity contribution in [3.8, 4) is 0 Å². The van der Waals surface area contributed by atoms with Crippen LogP contribution in [0.25, 0.3) is 0 Å². The summed E-state index contributed by atoms with van der Waals surface area (Å²) in [7, 11) is -7.37. The van der Waals surface area contributed by atoms with Crippen molar-refractivity contribution in [3.63, 3.8) is 0 Å². The van der Waals surface area contributed by atoms with Crippen molar-refractivity contribution >= 4 is 78.6 Å². The first-order valence-electron chi connectivity index (χ1n) is 24.5. The van der Waals surface area contributed by atoms with Gasteiger partial charge in [0.25, 0.3) is 32.3 Å². The molecule has 26 heteroatoms. The molecule has 2 N–H and O–H groups in total. The van der Waals surface area contributed by atoms with Crippen LogP contribution in [0.1, 0.15) is 61.7 Å². The minimum Gasteiger partial charge on any atom is -0.351 e. The smallest absolute Gasteiger partial charge is 0.282 e. The summed E-state index contributed by atoms with van der Waals surface area (Å²) in [6, 6.07) is 18.4. The van der Waals surface area contributed by atoms with Gasteiger partial charge >= 0.3 is 0 Å². The van der Waals surface area contributed by atoms with E-state index >= 15 is 0 Å². The molecule has 4 aromatic rings. The van der Waals surface area contributed by atoms with Gasteiger partial charge in [-0.1, -0.05) is 71.7 Å². The number of amides is 4. The second kappa shape index (κ2) is 21.8. The van der Waals surface area contributed by atoms with Crippen molar-refractivity contribution in [1.29, 1.82) is 0 Å². The molecule has 0 radical (unpaired) electrons. The van der Waals surface area contributed by atoms with Crippen LogP contribution in [-0.4, -0.2) is 134 Å². The fourth-order valence-electron chi connectivity index (χ4n) is 9.88. The van der Waals surface area contributed by atoms with E-state index in [0.29, 0.717) is 26.2 Å². The lowest BCUT2D eigenvalue weighted by molar-refractivity contribution is -0.133. The lowest BCUT2D eigenvalue weighted by atomic mass is 9.87. The number of hydrogen-bond acceptors (Lipinski definition) is 8. The van der Waals surface area contributed by atoms with Gasteiger partial charge in [0.2, 0.25) is 23.6 Å². The molecule has 6 fully saturated rings. The van der Waals surface area contributed by atoms with E-state index in [-0.39, 0.29) is 71.6 Å². The second-order valence-electron chi connectivity index (χ2n) is 19.7. The molecule has 10 rings (SSSR count). The highest BCUT2D eigenvalue weighted by Crippen LogP contribution is 2.42. The number of anilines is 2. The van der Waals surface area contributed by atoms with Gasteiger partial charge in [-0.15, -0.1) is 0 Å². The summed E-state index contributed by atoms with van der Waals surface area (Å²) in [4.78, 5) is 57.6. The largest absolute Gasteiger partial charge is 0.351 e. The number of carbonyl (C=O) groups excluding carboxylic acids is 4. The van der Waals surface area contributed by atoms with Crippen LogP contribution in [0.4, 0.5) is 37.7 Å². The van der Waals surface area contributed by atoms with Crippen molar-refractivity contribution in [3.05, 3.63) is 130 Å². The summed E-state index contributed by atoms with van der Waals surface area (Å²) in [5.41, 5.74) is 0.561. The van der Waals surface area contributed by atoms with Crippen LogP contribution in [0.5, 0.6) is 0 Å². The van der Waals surface area contributed by atoms with E-state index in [1.165, 1.54) is 77.9 Å². The van der Waals surface area contributed by atoms with E-state index in [9.17, 15) is 62.4 Å². The fourth-order valence-corrected chi connectivity index (χ4v) is 13.5. The van der Waals surface area contributed by atoms with Crippen molar-refractivity contribution in [2.75, 3.05) is 62.2 Å². The molecule has 4 amide bonds. The summed E-state index contributed by atoms with van der Waals surface area (Å²) in [5, 5.41) is 5.47. The third-order valence-corrected chi connectivity index (χ3v) is 18.7. The average Bonchev–Trinajstić information content (AvgIpc) is 4.28. The molecular formula is C50H52Cl2F6N8O8S2. The van der Waals surface area contributed by atoms with Gasteiger partial charge in [-0.05, 0) is 61.4 Å². The number of rotatable bonds is 16. The number of nitrogens with zero attached hydrogens (tertiary/aromatic N) is 6. The van der Waals surface area contributed by atoms with Crippen LogP contribution in [-0.2, 0) is 39.6 Å². The molecule has 2 aliphatic carbocycles. The molecule has 0 spiro atoms. The molecule has 4 atom stereocenters. The van der Waals surface area contributed by atoms with E-state index in [2.05, 4.69) is 10.6 Å². The highest BCUT2D eigenvalue weighted by atomic mass is 35.5. The number of carbonyl (C=O) groups is 4. The summed E-state index contributed by atoms with van der Waals surface area (Å²) < 4.78 is 138. The maximum absolute atomic E-state index is 14.3. The van der Waals surface area contributed by atoms with Gasteiger partial charge in [-0.3, -0.25) is 29.0 Å². The SMILES string of the molecule is O=C(NC1CC(F)(F)C1)[C@@H](c1ccccc1Cl)N(C(=O)[C@@H]1CCN(S(=O)(=O)N2CC2)C1)c1cccc(F)c1.O=C(NC1CC(F)(F)C1)[C@H](c1ccccc1Cl)N(C(=O)[C@@H]1CCN(S(=O)(=O)N2CC2)C1)c1cccc(F)c1. The monoisotopic (exact) mass is 1140 g/mol. The zero-order chi connectivity index (χ0) is 54.5. The number of hydrogen-bond donors (Lipinski definition) is 2. The van der Waals surface area contributed by atoms with Gasteiger partial charge < -0.3 is 10.6 Å². The van der Waals surface area contributed by atoms with E-state index < -0.39 is 129 Å². The summed E-state index contributed by atoms with van der Waals surface area (Å²) in [6.07, 6.45) is -1.74. The Labute approximate surface area is 445 Å². The first-order chi connectivity index (χ1) is 35.9. The van der Waals surface area contributed by atoms with Crippen LogP contribution in [0.2, 0.25) is 10.0 Å². The average molecular weight is 1140 g/mol. The molecule has 4 heterocycles. The summed E-state index contributed by atoms with van der Waals surface area (Å²) in [5.74, 6) is -11.4. The topological polar surface area (TPSA) is 180 Å². The molecule has 6 aliphatic rings. The third kappa shape index (κ3) is 12.2. The fraction of sp³-hybridized carbons (Fsp3) is 0.440. The van der Waals surface area contributed by atoms with Crippen LogP contribution in [0.3, 0.4) is 0 Å². The second-order valence-corrected chi connectivity index (χ2v) is 24.3. The first kappa shape index (κ1) is 55.4. The zero-order valence-corrected chi connectivity index (χ0v) is 43.5. The van der Waals surface area contributed by atoms with Gasteiger partial charge in [0.15, 0.2) is 0 Å². The molecule has 408 valence electrons. The molecule has 4 saturated heterocycles. The Morgan fingerprint density at radius 1 is 0.526 bits per heavy atom. The summed E-state index contributed by atoms with van der Waals surface area (Å²) >= 11 is 12.9. The lowest BCUT2D eigenvalue weighted by Crippen LogP contribution is -2.54. The number of alkyl halides is 4. The van der Waals surface area contributed by atoms with Crippen LogP contribution < -0.4 is 20.4 Å². The predicted molar refractivity (Wildman–Crippen MR) is 269 cm³/mol. The Bertz CT molecular complexity index is 2900. The van der Waals surface area contributed by atoms with Crippen molar-refractivity contribution in [1.82, 2.24) is 27.9 Å². The molecular weight excluding hydrogens is 1090 g/mol. The predicted octanol–water partition coefficient (Wildman–Crippen LogP) is 6.70. The quantitative estimate of drug-likeness (QED) is 0.0920. The van der Waals surface area contributed by atoms with Crippen molar-refractivity contribution in [2.24, 2.45) is 11.8 Å². The molecule has 76 heavy (non-hydrogen) atoms. The maximum Gasteiger partial charge on any atom is 0.282 e. The van der Waals surface area contributed by atoms with E-state index in [1.54, 1.807) is 24.3 Å². The standard InChI is InChI=1S/2C25H26ClF3N4O4S/c2*26-21-7-2-1-6-20(21)22(23(34)30-18-13-25(28,29)14-18)33(19-5-3-4-17(27)12-19)24(35)16-8-9-32(15-16)38(36,37)31-10-11-31/h2*1-7,12,16,18,22H,8-11,13-15H2,(H,30,34)/t16-,22+;16-,22-/m11/s1. The van der Waals surface area contributed by atoms with Crippen LogP contribution >= 0.6 is 23.2 Å². The highest BCUT2D eigenvalue weighted by molar-refractivity contribution is 7.87. The van der Waals surface area contributed by atoms with Gasteiger partial charge in [0.05, 0.1) is 11.8 Å².